The number of nitro groups is 1. The molecule has 0 fully saturated rings. The highest BCUT2D eigenvalue weighted by atomic mass is 32.2. The Bertz CT molecular complexity index is 632. The van der Waals surface area contributed by atoms with Gasteiger partial charge in [-0.05, 0) is 19.0 Å². The maximum absolute atomic E-state index is 12.0. The van der Waals surface area contributed by atoms with Crippen LogP contribution in [0.5, 0.6) is 0 Å². The zero-order chi connectivity index (χ0) is 16.6. The van der Waals surface area contributed by atoms with Gasteiger partial charge in [-0.1, -0.05) is 6.07 Å². The Morgan fingerprint density at radius 2 is 2.05 bits per heavy atom. The molecule has 9 nitrogen and oxygen atoms in total. The quantitative estimate of drug-likeness (QED) is 0.323. The van der Waals surface area contributed by atoms with Gasteiger partial charge in [-0.2, -0.15) is 0 Å². The number of hydrogen-bond donors (Lipinski definition) is 3. The van der Waals surface area contributed by atoms with E-state index in [2.05, 4.69) is 10.0 Å². The van der Waals surface area contributed by atoms with Gasteiger partial charge in [-0.15, -0.1) is 0 Å². The monoisotopic (exact) mass is 330 g/mol. The highest BCUT2D eigenvalue weighted by molar-refractivity contribution is 7.89. The fourth-order valence-corrected chi connectivity index (χ4v) is 2.66. The number of nitrogens with two attached hydrogens (primary N) is 1. The number of benzene rings is 1. The second-order valence-electron chi connectivity index (χ2n) is 4.39. The van der Waals surface area contributed by atoms with Crippen LogP contribution in [-0.2, 0) is 14.8 Å². The summed E-state index contributed by atoms with van der Waals surface area (Å²) in [6, 6.07) is 4.73. The van der Waals surface area contributed by atoms with E-state index in [1.807, 2.05) is 0 Å². The summed E-state index contributed by atoms with van der Waals surface area (Å²) < 4.78 is 26.2. The second-order valence-corrected chi connectivity index (χ2v) is 6.16. The van der Waals surface area contributed by atoms with Crippen molar-refractivity contribution in [3.05, 3.63) is 34.4 Å². The number of nitro benzene ring substituents is 1. The summed E-state index contributed by atoms with van der Waals surface area (Å²) >= 11 is 0. The molecular weight excluding hydrogens is 312 g/mol. The van der Waals surface area contributed by atoms with Crippen LogP contribution in [0.4, 0.5) is 5.69 Å². The summed E-state index contributed by atoms with van der Waals surface area (Å²) in [6.45, 7) is 0.518. The van der Waals surface area contributed by atoms with Gasteiger partial charge in [0, 0.05) is 31.6 Å². The summed E-state index contributed by atoms with van der Waals surface area (Å²) in [5.41, 5.74) is 4.96. The average Bonchev–Trinajstić information content (AvgIpc) is 2.49. The van der Waals surface area contributed by atoms with E-state index in [0.717, 1.165) is 6.07 Å². The Kier molecular flexibility index (Phi) is 6.89. The maximum Gasteiger partial charge on any atom is 0.270 e. The lowest BCUT2D eigenvalue weighted by Crippen LogP contribution is -2.34. The molecule has 0 radical (unpaired) electrons. The van der Waals surface area contributed by atoms with Crippen molar-refractivity contribution in [2.45, 2.75) is 17.7 Å². The smallest absolute Gasteiger partial charge is 0.270 e. The number of hydrogen-bond acceptors (Lipinski definition) is 6. The molecule has 0 aliphatic rings. The van der Waals surface area contributed by atoms with E-state index in [1.54, 1.807) is 0 Å². The van der Waals surface area contributed by atoms with Crippen molar-refractivity contribution in [3.8, 4) is 0 Å². The van der Waals surface area contributed by atoms with E-state index in [1.165, 1.54) is 18.2 Å². The third kappa shape index (κ3) is 5.76. The zero-order valence-corrected chi connectivity index (χ0v) is 12.6. The second kappa shape index (κ2) is 8.41. The molecule has 0 atom stereocenters. The van der Waals surface area contributed by atoms with Crippen molar-refractivity contribution in [3.63, 3.8) is 0 Å². The van der Waals surface area contributed by atoms with Crippen molar-refractivity contribution in [2.75, 3.05) is 19.6 Å². The molecule has 0 aliphatic carbocycles. The average molecular weight is 330 g/mol. The first-order chi connectivity index (χ1) is 10.4. The Balaban J connectivity index is 2.52. The number of nitrogens with one attached hydrogen (secondary N) is 2. The molecule has 10 heteroatoms. The minimum absolute atomic E-state index is 0.0145. The number of non-ortho nitro benzene ring substituents is 1. The van der Waals surface area contributed by atoms with Crippen LogP contribution in [0.15, 0.2) is 29.2 Å². The zero-order valence-electron chi connectivity index (χ0n) is 11.8. The van der Waals surface area contributed by atoms with Crippen molar-refractivity contribution < 1.29 is 18.1 Å². The Labute approximate surface area is 128 Å². The summed E-state index contributed by atoms with van der Waals surface area (Å²) in [5, 5.41) is 13.2. The van der Waals surface area contributed by atoms with Gasteiger partial charge in [0.15, 0.2) is 0 Å². The van der Waals surface area contributed by atoms with Gasteiger partial charge in [-0.3, -0.25) is 14.9 Å². The van der Waals surface area contributed by atoms with E-state index in [0.29, 0.717) is 13.0 Å². The van der Waals surface area contributed by atoms with Crippen molar-refractivity contribution >= 4 is 21.6 Å². The molecule has 22 heavy (non-hydrogen) atoms. The molecule has 0 unspecified atom stereocenters. The van der Waals surface area contributed by atoms with Crippen molar-refractivity contribution in [2.24, 2.45) is 5.73 Å². The normalized spacial score (nSPS) is 11.1. The van der Waals surface area contributed by atoms with Gasteiger partial charge in [0.25, 0.3) is 5.69 Å². The molecular formula is C12H18N4O5S. The molecule has 122 valence electrons. The highest BCUT2D eigenvalue weighted by Gasteiger charge is 2.17. The van der Waals surface area contributed by atoms with Crippen molar-refractivity contribution in [1.29, 1.82) is 0 Å². The molecule has 1 rings (SSSR count). The summed E-state index contributed by atoms with van der Waals surface area (Å²) in [5.74, 6) is -0.208. The van der Waals surface area contributed by atoms with Gasteiger partial charge in [0.2, 0.25) is 15.9 Å². The molecule has 0 bridgehead atoms. The third-order valence-corrected chi connectivity index (χ3v) is 4.14. The number of nitrogens with zero attached hydrogens (tertiary/aromatic N) is 1. The first-order valence-electron chi connectivity index (χ1n) is 6.57. The Morgan fingerprint density at radius 3 is 2.68 bits per heavy atom. The van der Waals surface area contributed by atoms with Gasteiger partial charge >= 0.3 is 0 Å². The summed E-state index contributed by atoms with van der Waals surface area (Å²) in [7, 11) is -3.86. The molecule has 0 saturated carbocycles. The number of carbonyl (C=O) groups excluding carboxylic acids is 1. The van der Waals surface area contributed by atoms with Crippen LogP contribution < -0.4 is 15.8 Å². The molecule has 0 heterocycles. The van der Waals surface area contributed by atoms with E-state index < -0.39 is 14.9 Å². The largest absolute Gasteiger partial charge is 0.355 e. The van der Waals surface area contributed by atoms with Gasteiger partial charge in [0.1, 0.15) is 0 Å². The lowest BCUT2D eigenvalue weighted by atomic mass is 10.3. The predicted octanol–water partition coefficient (Wildman–Crippen LogP) is -0.272. The number of sulfonamides is 1. The molecule has 0 aliphatic heterocycles. The van der Waals surface area contributed by atoms with E-state index in [4.69, 9.17) is 5.73 Å². The highest BCUT2D eigenvalue weighted by Crippen LogP contribution is 2.16. The number of amides is 1. The molecule has 1 aromatic carbocycles. The molecule has 1 amide bonds. The van der Waals surface area contributed by atoms with Crippen LogP contribution >= 0.6 is 0 Å². The SMILES string of the molecule is NCCCC(=O)NCCNS(=O)(=O)c1cccc([N+](=O)[O-])c1. The Hall–Kier alpha value is -2.04. The standard InChI is InChI=1S/C12H18N4O5S/c13-6-2-5-12(17)14-7-8-15-22(20,21)11-4-1-3-10(9-11)16(18)19/h1,3-4,9,15H,2,5-8,13H2,(H,14,17). The fourth-order valence-electron chi connectivity index (χ4n) is 1.59. The number of rotatable bonds is 9. The van der Waals surface area contributed by atoms with Crippen LogP contribution in [0.3, 0.4) is 0 Å². The van der Waals surface area contributed by atoms with Crippen LogP contribution in [-0.4, -0.2) is 38.9 Å². The fraction of sp³-hybridized carbons (Fsp3) is 0.417. The van der Waals surface area contributed by atoms with E-state index in [-0.39, 0.29) is 36.0 Å². The van der Waals surface area contributed by atoms with Gasteiger partial charge < -0.3 is 11.1 Å². The predicted molar refractivity (Wildman–Crippen MR) is 79.6 cm³/mol. The minimum Gasteiger partial charge on any atom is -0.355 e. The van der Waals surface area contributed by atoms with Crippen LogP contribution in [0.2, 0.25) is 0 Å². The molecule has 1 aromatic rings. The Morgan fingerprint density at radius 1 is 1.32 bits per heavy atom. The van der Waals surface area contributed by atoms with Crippen LogP contribution in [0, 0.1) is 10.1 Å². The number of carbonyl (C=O) groups is 1. The van der Waals surface area contributed by atoms with Crippen LogP contribution in [0.1, 0.15) is 12.8 Å². The van der Waals surface area contributed by atoms with Gasteiger partial charge in [-0.25, -0.2) is 13.1 Å². The first kappa shape index (κ1) is 18.0. The van der Waals surface area contributed by atoms with E-state index in [9.17, 15) is 23.3 Å². The maximum atomic E-state index is 12.0. The third-order valence-electron chi connectivity index (χ3n) is 2.69. The topological polar surface area (TPSA) is 144 Å². The lowest BCUT2D eigenvalue weighted by molar-refractivity contribution is -0.385. The summed E-state index contributed by atoms with van der Waals surface area (Å²) in [6.07, 6.45) is 0.847. The van der Waals surface area contributed by atoms with E-state index >= 15 is 0 Å². The molecule has 0 spiro atoms. The minimum atomic E-state index is -3.86. The first-order valence-corrected chi connectivity index (χ1v) is 8.06. The molecule has 0 aromatic heterocycles. The lowest BCUT2D eigenvalue weighted by Gasteiger charge is -2.08. The molecule has 4 N–H and O–H groups in total. The summed E-state index contributed by atoms with van der Waals surface area (Å²) in [4.78, 5) is 21.1. The molecule has 0 saturated heterocycles. The van der Waals surface area contributed by atoms with Crippen molar-refractivity contribution in [1.82, 2.24) is 10.0 Å². The van der Waals surface area contributed by atoms with Crippen LogP contribution in [0.25, 0.3) is 0 Å². The van der Waals surface area contributed by atoms with Gasteiger partial charge in [0.05, 0.1) is 9.82 Å².